The molecule has 1 heterocycles. The largest absolute Gasteiger partial charge is 0.478 e. The molecule has 21 heavy (non-hydrogen) atoms. The van der Waals surface area contributed by atoms with E-state index in [0.29, 0.717) is 32.4 Å². The third kappa shape index (κ3) is 3.21. The normalized spacial score (nSPS) is 17.6. The quantitative estimate of drug-likeness (QED) is 0.893. The Kier molecular flexibility index (Phi) is 4.27. The molecule has 0 radical (unpaired) electrons. The van der Waals surface area contributed by atoms with Gasteiger partial charge in [-0.25, -0.2) is 9.18 Å². The van der Waals surface area contributed by atoms with E-state index in [2.05, 4.69) is 0 Å². The van der Waals surface area contributed by atoms with Crippen molar-refractivity contribution in [1.82, 2.24) is 4.90 Å². The summed E-state index contributed by atoms with van der Waals surface area (Å²) in [5.74, 6) is -2.54. The summed E-state index contributed by atoms with van der Waals surface area (Å²) in [6, 6.07) is 3.26. The lowest BCUT2D eigenvalue weighted by atomic mass is 9.89. The lowest BCUT2D eigenvalue weighted by Crippen LogP contribution is -2.46. The van der Waals surface area contributed by atoms with Gasteiger partial charge in [0.25, 0.3) is 5.91 Å². The van der Waals surface area contributed by atoms with Gasteiger partial charge in [0.1, 0.15) is 5.82 Å². The molecule has 1 saturated heterocycles. The molecule has 2 rings (SSSR count). The molecule has 114 valence electrons. The molecule has 0 spiro atoms. The number of aliphatic hydroxyl groups is 1. The second-order valence-corrected chi connectivity index (χ2v) is 5.37. The topological polar surface area (TPSA) is 77.8 Å². The molecule has 1 aliphatic rings. The highest BCUT2D eigenvalue weighted by molar-refractivity contribution is 5.96. The van der Waals surface area contributed by atoms with Crippen molar-refractivity contribution in [2.45, 2.75) is 31.8 Å². The van der Waals surface area contributed by atoms with E-state index >= 15 is 0 Å². The molecular formula is C15H18FNO4. The Balaban J connectivity index is 2.13. The van der Waals surface area contributed by atoms with Crippen LogP contribution in [0.5, 0.6) is 0 Å². The number of nitrogens with zero attached hydrogens (tertiary/aromatic N) is 1. The lowest BCUT2D eigenvalue weighted by molar-refractivity contribution is -0.0194. The van der Waals surface area contributed by atoms with Crippen LogP contribution in [0.3, 0.4) is 0 Å². The summed E-state index contributed by atoms with van der Waals surface area (Å²) in [6.07, 6.45) is 1.55. The van der Waals surface area contributed by atoms with E-state index in [4.69, 9.17) is 5.11 Å². The van der Waals surface area contributed by atoms with Crippen LogP contribution in [0.25, 0.3) is 0 Å². The Bertz CT molecular complexity index is 565. The summed E-state index contributed by atoms with van der Waals surface area (Å²) in [5, 5.41) is 18.9. The average molecular weight is 295 g/mol. The number of benzene rings is 1. The fraction of sp³-hybridized carbons (Fsp3) is 0.467. The van der Waals surface area contributed by atoms with Gasteiger partial charge in [-0.15, -0.1) is 0 Å². The second-order valence-electron chi connectivity index (χ2n) is 5.37. The second kappa shape index (κ2) is 5.81. The van der Waals surface area contributed by atoms with Gasteiger partial charge in [0, 0.05) is 13.1 Å². The Hall–Kier alpha value is -1.95. The molecule has 0 aromatic heterocycles. The van der Waals surface area contributed by atoms with E-state index in [9.17, 15) is 19.1 Å². The van der Waals surface area contributed by atoms with Gasteiger partial charge < -0.3 is 15.1 Å². The van der Waals surface area contributed by atoms with Gasteiger partial charge >= 0.3 is 5.97 Å². The van der Waals surface area contributed by atoms with Gasteiger partial charge in [-0.2, -0.15) is 0 Å². The molecule has 1 fully saturated rings. The number of rotatable bonds is 3. The Labute approximate surface area is 122 Å². The molecule has 0 aliphatic carbocycles. The van der Waals surface area contributed by atoms with Crippen LogP contribution >= 0.6 is 0 Å². The number of aromatic carboxylic acids is 1. The number of amides is 1. The number of carbonyl (C=O) groups is 2. The van der Waals surface area contributed by atoms with Crippen molar-refractivity contribution in [1.29, 1.82) is 0 Å². The molecule has 1 aromatic carbocycles. The van der Waals surface area contributed by atoms with Gasteiger partial charge in [0.2, 0.25) is 0 Å². The average Bonchev–Trinajstić information content (AvgIpc) is 2.47. The zero-order valence-corrected chi connectivity index (χ0v) is 11.8. The first-order valence-electron chi connectivity index (χ1n) is 6.91. The van der Waals surface area contributed by atoms with Crippen molar-refractivity contribution < 1.29 is 24.2 Å². The molecule has 0 saturated carbocycles. The molecule has 0 atom stereocenters. The summed E-state index contributed by atoms with van der Waals surface area (Å²) in [6.45, 7) is 2.62. The van der Waals surface area contributed by atoms with E-state index in [-0.39, 0.29) is 11.1 Å². The van der Waals surface area contributed by atoms with Crippen molar-refractivity contribution in [3.8, 4) is 0 Å². The predicted octanol–water partition coefficient (Wildman–Crippen LogP) is 1.90. The highest BCUT2D eigenvalue weighted by Crippen LogP contribution is 2.26. The highest BCUT2D eigenvalue weighted by Gasteiger charge is 2.33. The fourth-order valence-corrected chi connectivity index (χ4v) is 2.47. The third-order valence-electron chi connectivity index (χ3n) is 4.09. The first-order valence-corrected chi connectivity index (χ1v) is 6.91. The minimum atomic E-state index is -1.24. The van der Waals surface area contributed by atoms with Crippen LogP contribution in [0.2, 0.25) is 0 Å². The van der Waals surface area contributed by atoms with E-state index < -0.39 is 23.3 Å². The minimum absolute atomic E-state index is 0.137. The molecule has 1 amide bonds. The van der Waals surface area contributed by atoms with Crippen molar-refractivity contribution in [2.75, 3.05) is 13.1 Å². The maximum absolute atomic E-state index is 13.9. The summed E-state index contributed by atoms with van der Waals surface area (Å²) in [5.41, 5.74) is -1.08. The number of carboxylic acids is 1. The van der Waals surface area contributed by atoms with Crippen molar-refractivity contribution in [2.24, 2.45) is 0 Å². The smallest absolute Gasteiger partial charge is 0.335 e. The van der Waals surface area contributed by atoms with Gasteiger partial charge in [-0.05, 0) is 37.5 Å². The van der Waals surface area contributed by atoms with Crippen molar-refractivity contribution in [3.05, 3.63) is 35.1 Å². The zero-order valence-electron chi connectivity index (χ0n) is 11.8. The summed E-state index contributed by atoms with van der Waals surface area (Å²) < 4.78 is 13.9. The molecule has 2 N–H and O–H groups in total. The molecule has 0 bridgehead atoms. The van der Waals surface area contributed by atoms with E-state index in [1.54, 1.807) is 0 Å². The first-order chi connectivity index (χ1) is 9.86. The Morgan fingerprint density at radius 3 is 2.43 bits per heavy atom. The first kappa shape index (κ1) is 15.4. The molecule has 1 aliphatic heterocycles. The molecule has 6 heteroatoms. The molecule has 0 unspecified atom stereocenters. The number of halogens is 1. The van der Waals surface area contributed by atoms with E-state index in [1.807, 2.05) is 6.92 Å². The van der Waals surface area contributed by atoms with Crippen LogP contribution < -0.4 is 0 Å². The summed E-state index contributed by atoms with van der Waals surface area (Å²) >= 11 is 0. The van der Waals surface area contributed by atoms with Crippen LogP contribution in [-0.2, 0) is 0 Å². The van der Waals surface area contributed by atoms with E-state index in [1.165, 1.54) is 17.0 Å². The summed E-state index contributed by atoms with van der Waals surface area (Å²) in [7, 11) is 0. The predicted molar refractivity (Wildman–Crippen MR) is 73.7 cm³/mol. The standard InChI is InChI=1S/C15H18FNO4/c1-2-15(21)5-7-17(8-6-15)13(18)11-4-3-10(14(19)20)9-12(11)16/h3-4,9,21H,2,5-8H2,1H3,(H,19,20). The van der Waals surface area contributed by atoms with Crippen LogP contribution in [0, 0.1) is 5.82 Å². The third-order valence-corrected chi connectivity index (χ3v) is 4.09. The van der Waals surface area contributed by atoms with Crippen LogP contribution in [0.15, 0.2) is 18.2 Å². The monoisotopic (exact) mass is 295 g/mol. The lowest BCUT2D eigenvalue weighted by Gasteiger charge is -2.37. The van der Waals surface area contributed by atoms with Crippen LogP contribution in [0.1, 0.15) is 46.9 Å². The number of piperidine rings is 1. The SMILES string of the molecule is CCC1(O)CCN(C(=O)c2ccc(C(=O)O)cc2F)CC1. The minimum Gasteiger partial charge on any atom is -0.478 e. The van der Waals surface area contributed by atoms with E-state index in [0.717, 1.165) is 6.07 Å². The van der Waals surface area contributed by atoms with Crippen LogP contribution in [-0.4, -0.2) is 45.7 Å². The van der Waals surface area contributed by atoms with Gasteiger partial charge in [0.05, 0.1) is 16.7 Å². The fourth-order valence-electron chi connectivity index (χ4n) is 2.47. The number of likely N-dealkylation sites (tertiary alicyclic amines) is 1. The van der Waals surface area contributed by atoms with Gasteiger partial charge in [-0.1, -0.05) is 6.92 Å². The number of hydrogen-bond donors (Lipinski definition) is 2. The Morgan fingerprint density at radius 2 is 1.95 bits per heavy atom. The zero-order chi connectivity index (χ0) is 15.6. The molecular weight excluding hydrogens is 277 g/mol. The molecule has 1 aromatic rings. The number of carbonyl (C=O) groups excluding carboxylic acids is 1. The summed E-state index contributed by atoms with van der Waals surface area (Å²) in [4.78, 5) is 24.5. The highest BCUT2D eigenvalue weighted by atomic mass is 19.1. The molecule has 5 nitrogen and oxygen atoms in total. The van der Waals surface area contributed by atoms with Crippen molar-refractivity contribution in [3.63, 3.8) is 0 Å². The maximum Gasteiger partial charge on any atom is 0.335 e. The van der Waals surface area contributed by atoms with Gasteiger partial charge in [-0.3, -0.25) is 4.79 Å². The number of hydrogen-bond acceptors (Lipinski definition) is 3. The maximum atomic E-state index is 13.9. The van der Waals surface area contributed by atoms with Crippen molar-refractivity contribution >= 4 is 11.9 Å². The number of carboxylic acid groups (broad SMARTS) is 1. The van der Waals surface area contributed by atoms with Gasteiger partial charge in [0.15, 0.2) is 0 Å². The Morgan fingerprint density at radius 1 is 1.33 bits per heavy atom. The van der Waals surface area contributed by atoms with Crippen LogP contribution in [0.4, 0.5) is 4.39 Å².